The molecule has 1 aromatic carbocycles. The highest BCUT2D eigenvalue weighted by atomic mass is 16.5. The lowest BCUT2D eigenvalue weighted by molar-refractivity contribution is 0.0732. The minimum atomic E-state index is 0.261. The first-order chi connectivity index (χ1) is 8.22. The molecule has 3 nitrogen and oxygen atoms in total. The molecular weight excluding hydrogens is 212 g/mol. The number of nitrogens with zero attached hydrogens (tertiary/aromatic N) is 2. The number of aromatic nitrogens is 2. The molecule has 0 radical (unpaired) electrons. The molecule has 0 saturated carbocycles. The third-order valence-corrected chi connectivity index (χ3v) is 2.63. The van der Waals surface area contributed by atoms with Crippen LogP contribution < -0.4 is 0 Å². The number of para-hydroxylation sites is 2. The second-order valence-electron chi connectivity index (χ2n) is 4.23. The van der Waals surface area contributed by atoms with Crippen LogP contribution in [0.25, 0.3) is 17.1 Å². The fourth-order valence-electron chi connectivity index (χ4n) is 1.86. The molecule has 0 spiro atoms. The van der Waals surface area contributed by atoms with Crippen LogP contribution in [0.4, 0.5) is 0 Å². The number of hydrogen-bond acceptors (Lipinski definition) is 2. The highest BCUT2D eigenvalue weighted by Gasteiger charge is 2.07. The van der Waals surface area contributed by atoms with Gasteiger partial charge in [-0.05, 0) is 32.1 Å². The molecule has 2 aromatic rings. The molecule has 3 heteroatoms. The molecule has 0 amide bonds. The van der Waals surface area contributed by atoms with Gasteiger partial charge >= 0.3 is 0 Å². The van der Waals surface area contributed by atoms with Gasteiger partial charge in [0.15, 0.2) is 0 Å². The van der Waals surface area contributed by atoms with Gasteiger partial charge in [-0.25, -0.2) is 4.98 Å². The van der Waals surface area contributed by atoms with Crippen LogP contribution in [0, 0.1) is 0 Å². The van der Waals surface area contributed by atoms with Crippen LogP contribution in [0.1, 0.15) is 19.7 Å². The average molecular weight is 230 g/mol. The molecular formula is C14H18N2O. The average Bonchev–Trinajstić information content (AvgIpc) is 2.67. The van der Waals surface area contributed by atoms with Gasteiger partial charge in [0.1, 0.15) is 5.82 Å². The van der Waals surface area contributed by atoms with Crippen LogP contribution in [-0.4, -0.2) is 22.3 Å². The van der Waals surface area contributed by atoms with Crippen molar-refractivity contribution in [2.45, 2.75) is 26.5 Å². The maximum absolute atomic E-state index is 5.58. The van der Waals surface area contributed by atoms with Crippen molar-refractivity contribution in [2.75, 3.05) is 6.61 Å². The highest BCUT2D eigenvalue weighted by Crippen LogP contribution is 2.16. The van der Waals surface area contributed by atoms with Crippen LogP contribution in [-0.2, 0) is 11.3 Å². The van der Waals surface area contributed by atoms with E-state index in [2.05, 4.69) is 22.2 Å². The first-order valence-electron chi connectivity index (χ1n) is 5.91. The van der Waals surface area contributed by atoms with E-state index < -0.39 is 0 Å². The minimum absolute atomic E-state index is 0.261. The SMILES string of the molecule is C=Cc1nc2ccccc2n1CCOC(C)C. The van der Waals surface area contributed by atoms with E-state index in [9.17, 15) is 0 Å². The lowest BCUT2D eigenvalue weighted by Gasteiger charge is -2.10. The normalized spacial score (nSPS) is 11.2. The maximum Gasteiger partial charge on any atom is 0.133 e. The second-order valence-corrected chi connectivity index (χ2v) is 4.23. The Morgan fingerprint density at radius 2 is 2.18 bits per heavy atom. The topological polar surface area (TPSA) is 27.1 Å². The summed E-state index contributed by atoms with van der Waals surface area (Å²) in [5, 5.41) is 0. The van der Waals surface area contributed by atoms with Crippen molar-refractivity contribution in [1.29, 1.82) is 0 Å². The zero-order chi connectivity index (χ0) is 12.3. The molecule has 0 fully saturated rings. The number of fused-ring (bicyclic) bond motifs is 1. The lowest BCUT2D eigenvalue weighted by atomic mass is 10.3. The van der Waals surface area contributed by atoms with Gasteiger partial charge in [-0.2, -0.15) is 0 Å². The largest absolute Gasteiger partial charge is 0.377 e. The Morgan fingerprint density at radius 1 is 1.41 bits per heavy atom. The van der Waals surface area contributed by atoms with Gasteiger partial charge in [0.25, 0.3) is 0 Å². The molecule has 2 rings (SSSR count). The first kappa shape index (κ1) is 11.9. The van der Waals surface area contributed by atoms with Gasteiger partial charge < -0.3 is 9.30 Å². The number of ether oxygens (including phenoxy) is 1. The van der Waals surface area contributed by atoms with Crippen molar-refractivity contribution in [3.8, 4) is 0 Å². The van der Waals surface area contributed by atoms with Gasteiger partial charge in [0.2, 0.25) is 0 Å². The minimum Gasteiger partial charge on any atom is -0.377 e. The standard InChI is InChI=1S/C14H18N2O/c1-4-14-15-12-7-5-6-8-13(12)16(14)9-10-17-11(2)3/h4-8,11H,1,9-10H2,2-3H3. The van der Waals surface area contributed by atoms with Crippen LogP contribution in [0.5, 0.6) is 0 Å². The maximum atomic E-state index is 5.58. The predicted molar refractivity (Wildman–Crippen MR) is 70.9 cm³/mol. The van der Waals surface area contributed by atoms with E-state index in [1.54, 1.807) is 6.08 Å². The summed E-state index contributed by atoms with van der Waals surface area (Å²) < 4.78 is 7.72. The van der Waals surface area contributed by atoms with Crippen molar-refractivity contribution >= 4 is 17.1 Å². The Labute approximate surface area is 102 Å². The van der Waals surface area contributed by atoms with E-state index in [0.717, 1.165) is 23.4 Å². The quantitative estimate of drug-likeness (QED) is 0.789. The van der Waals surface area contributed by atoms with E-state index in [1.165, 1.54) is 0 Å². The van der Waals surface area contributed by atoms with Crippen molar-refractivity contribution in [3.63, 3.8) is 0 Å². The number of hydrogen-bond donors (Lipinski definition) is 0. The van der Waals surface area contributed by atoms with Crippen molar-refractivity contribution in [3.05, 3.63) is 36.7 Å². The molecule has 0 aliphatic carbocycles. The second kappa shape index (κ2) is 5.15. The van der Waals surface area contributed by atoms with Crippen LogP contribution >= 0.6 is 0 Å². The first-order valence-corrected chi connectivity index (χ1v) is 5.91. The zero-order valence-corrected chi connectivity index (χ0v) is 10.4. The smallest absolute Gasteiger partial charge is 0.133 e. The Balaban J connectivity index is 2.27. The van der Waals surface area contributed by atoms with Crippen LogP contribution in [0.15, 0.2) is 30.8 Å². The molecule has 1 aromatic heterocycles. The zero-order valence-electron chi connectivity index (χ0n) is 10.4. The highest BCUT2D eigenvalue weighted by molar-refractivity contribution is 5.77. The summed E-state index contributed by atoms with van der Waals surface area (Å²) in [4.78, 5) is 4.52. The molecule has 0 aliphatic heterocycles. The third-order valence-electron chi connectivity index (χ3n) is 2.63. The number of imidazole rings is 1. The van der Waals surface area contributed by atoms with Crippen LogP contribution in [0.2, 0.25) is 0 Å². The molecule has 0 aliphatic rings. The third kappa shape index (κ3) is 2.56. The molecule has 90 valence electrons. The molecule has 0 atom stereocenters. The predicted octanol–water partition coefficient (Wildman–Crippen LogP) is 3.10. The molecule has 0 N–H and O–H groups in total. The lowest BCUT2D eigenvalue weighted by Crippen LogP contribution is -2.11. The molecule has 0 saturated heterocycles. The Morgan fingerprint density at radius 3 is 2.88 bits per heavy atom. The van der Waals surface area contributed by atoms with E-state index in [0.29, 0.717) is 6.61 Å². The van der Waals surface area contributed by atoms with E-state index >= 15 is 0 Å². The van der Waals surface area contributed by atoms with E-state index in [1.807, 2.05) is 32.0 Å². The monoisotopic (exact) mass is 230 g/mol. The van der Waals surface area contributed by atoms with E-state index in [-0.39, 0.29) is 6.10 Å². The van der Waals surface area contributed by atoms with Gasteiger partial charge in [0, 0.05) is 6.54 Å². The Hall–Kier alpha value is -1.61. The summed E-state index contributed by atoms with van der Waals surface area (Å²) in [6, 6.07) is 8.11. The summed E-state index contributed by atoms with van der Waals surface area (Å²) in [5.74, 6) is 0.901. The van der Waals surface area contributed by atoms with Gasteiger partial charge in [-0.15, -0.1) is 0 Å². The summed E-state index contributed by atoms with van der Waals surface area (Å²) in [5.41, 5.74) is 2.14. The van der Waals surface area contributed by atoms with Gasteiger partial charge in [0.05, 0.1) is 23.7 Å². The van der Waals surface area contributed by atoms with Crippen molar-refractivity contribution in [2.24, 2.45) is 0 Å². The van der Waals surface area contributed by atoms with Crippen molar-refractivity contribution in [1.82, 2.24) is 9.55 Å². The fourth-order valence-corrected chi connectivity index (χ4v) is 1.86. The molecule has 1 heterocycles. The Bertz CT molecular complexity index is 514. The fraction of sp³-hybridized carbons (Fsp3) is 0.357. The van der Waals surface area contributed by atoms with Crippen molar-refractivity contribution < 1.29 is 4.74 Å². The summed E-state index contributed by atoms with van der Waals surface area (Å²) in [7, 11) is 0. The summed E-state index contributed by atoms with van der Waals surface area (Å²) in [6.45, 7) is 9.39. The molecule has 0 bridgehead atoms. The van der Waals surface area contributed by atoms with Gasteiger partial charge in [-0.1, -0.05) is 18.7 Å². The molecule has 17 heavy (non-hydrogen) atoms. The van der Waals surface area contributed by atoms with Gasteiger partial charge in [-0.3, -0.25) is 0 Å². The number of benzene rings is 1. The number of rotatable bonds is 5. The summed E-state index contributed by atoms with van der Waals surface area (Å²) in [6.07, 6.45) is 2.05. The van der Waals surface area contributed by atoms with E-state index in [4.69, 9.17) is 4.74 Å². The van der Waals surface area contributed by atoms with Crippen LogP contribution in [0.3, 0.4) is 0 Å². The summed E-state index contributed by atoms with van der Waals surface area (Å²) >= 11 is 0. The Kier molecular flexibility index (Phi) is 3.59. The molecule has 0 unspecified atom stereocenters.